The molecule has 1 N–H and O–H groups in total. The molecule has 0 aromatic heterocycles. The first-order valence-electron chi connectivity index (χ1n) is 10.2. The van der Waals surface area contributed by atoms with E-state index in [2.05, 4.69) is 12.2 Å². The molecule has 30 heavy (non-hydrogen) atoms. The summed E-state index contributed by atoms with van der Waals surface area (Å²) in [6.45, 7) is 5.56. The summed E-state index contributed by atoms with van der Waals surface area (Å²) in [5.74, 6) is -0.918. The van der Waals surface area contributed by atoms with Crippen LogP contribution in [-0.4, -0.2) is 44.0 Å². The Morgan fingerprint density at radius 3 is 2.40 bits per heavy atom. The summed E-state index contributed by atoms with van der Waals surface area (Å²) in [6, 6.07) is 13.8. The maximum atomic E-state index is 12.7. The largest absolute Gasteiger partial charge is 0.339 e. The van der Waals surface area contributed by atoms with Gasteiger partial charge in [-0.1, -0.05) is 36.8 Å². The lowest BCUT2D eigenvalue weighted by atomic mass is 9.98. The summed E-state index contributed by atoms with van der Waals surface area (Å²) in [6.07, 6.45) is 1.96. The van der Waals surface area contributed by atoms with Crippen LogP contribution in [0.1, 0.15) is 41.3 Å². The summed E-state index contributed by atoms with van der Waals surface area (Å²) in [5, 5.41) is 2.61. The molecule has 0 saturated carbocycles. The van der Waals surface area contributed by atoms with Crippen LogP contribution in [0.15, 0.2) is 48.5 Å². The molecular formula is C23H28N2O4S. The van der Waals surface area contributed by atoms with Gasteiger partial charge < -0.3 is 10.2 Å². The third kappa shape index (κ3) is 6.16. The normalized spacial score (nSPS) is 15.1. The van der Waals surface area contributed by atoms with Gasteiger partial charge in [-0.2, -0.15) is 0 Å². The van der Waals surface area contributed by atoms with Gasteiger partial charge in [0.2, 0.25) is 5.91 Å². The molecule has 0 atom stereocenters. The Morgan fingerprint density at radius 1 is 1.07 bits per heavy atom. The van der Waals surface area contributed by atoms with E-state index in [0.29, 0.717) is 22.7 Å². The summed E-state index contributed by atoms with van der Waals surface area (Å²) in [4.78, 5) is 26.7. The van der Waals surface area contributed by atoms with Crippen molar-refractivity contribution in [2.45, 2.75) is 32.4 Å². The van der Waals surface area contributed by atoms with Crippen molar-refractivity contribution < 1.29 is 18.0 Å². The molecule has 2 aromatic carbocycles. The predicted molar refractivity (Wildman–Crippen MR) is 118 cm³/mol. The number of aryl methyl sites for hydroxylation is 1. The molecule has 0 aliphatic carbocycles. The highest BCUT2D eigenvalue weighted by Crippen LogP contribution is 2.19. The van der Waals surface area contributed by atoms with Crippen molar-refractivity contribution in [1.29, 1.82) is 0 Å². The zero-order valence-electron chi connectivity index (χ0n) is 17.4. The zero-order valence-corrected chi connectivity index (χ0v) is 18.2. The monoisotopic (exact) mass is 428 g/mol. The van der Waals surface area contributed by atoms with Gasteiger partial charge in [0.1, 0.15) is 5.75 Å². The Bertz CT molecular complexity index is 1010. The Morgan fingerprint density at radius 2 is 1.73 bits per heavy atom. The number of carbonyl (C=O) groups is 2. The lowest BCUT2D eigenvalue weighted by molar-refractivity contribution is -0.113. The molecule has 1 aliphatic heterocycles. The number of hydrogen-bond acceptors (Lipinski definition) is 4. The summed E-state index contributed by atoms with van der Waals surface area (Å²) < 4.78 is 25.0. The molecule has 2 aromatic rings. The number of carbonyl (C=O) groups excluding carboxylic acids is 2. The van der Waals surface area contributed by atoms with Crippen molar-refractivity contribution in [3.8, 4) is 0 Å². The van der Waals surface area contributed by atoms with E-state index in [1.807, 2.05) is 24.0 Å². The second kappa shape index (κ2) is 9.43. The molecular weight excluding hydrogens is 400 g/mol. The minimum absolute atomic E-state index is 0.0711. The minimum Gasteiger partial charge on any atom is -0.339 e. The molecule has 3 rings (SSSR count). The third-order valence-corrected chi connectivity index (χ3v) is 6.79. The molecule has 1 saturated heterocycles. The standard InChI is InChI=1S/C23H28N2O4S/c1-17-6-8-21(9-7-17)24-22(26)16-30(28,29)15-19-4-3-5-20(14-19)23(27)25-12-10-18(2)11-13-25/h3-9,14,18H,10-13,15-16H2,1-2H3,(H,24,26). The Labute approximate surface area is 178 Å². The van der Waals surface area contributed by atoms with E-state index in [1.165, 1.54) is 0 Å². The van der Waals surface area contributed by atoms with Gasteiger partial charge in [-0.25, -0.2) is 8.42 Å². The predicted octanol–water partition coefficient (Wildman–Crippen LogP) is 3.42. The quantitative estimate of drug-likeness (QED) is 0.764. The van der Waals surface area contributed by atoms with Crippen LogP contribution >= 0.6 is 0 Å². The van der Waals surface area contributed by atoms with Gasteiger partial charge in [0, 0.05) is 24.3 Å². The van der Waals surface area contributed by atoms with Crippen LogP contribution in [0, 0.1) is 12.8 Å². The molecule has 0 radical (unpaired) electrons. The average molecular weight is 429 g/mol. The Kier molecular flexibility index (Phi) is 6.92. The Hall–Kier alpha value is -2.67. The van der Waals surface area contributed by atoms with Crippen LogP contribution in [-0.2, 0) is 20.4 Å². The number of amides is 2. The summed E-state index contributed by atoms with van der Waals surface area (Å²) in [5.41, 5.74) is 2.61. The zero-order chi connectivity index (χ0) is 21.7. The number of likely N-dealkylation sites (tertiary alicyclic amines) is 1. The second-order valence-corrected chi connectivity index (χ2v) is 10.2. The van der Waals surface area contributed by atoms with E-state index in [9.17, 15) is 18.0 Å². The number of benzene rings is 2. The molecule has 1 fully saturated rings. The molecule has 2 amide bonds. The lowest BCUT2D eigenvalue weighted by Crippen LogP contribution is -2.37. The van der Waals surface area contributed by atoms with Crippen LogP contribution in [0.25, 0.3) is 0 Å². The van der Waals surface area contributed by atoms with Crippen LogP contribution in [0.2, 0.25) is 0 Å². The van der Waals surface area contributed by atoms with Gasteiger partial charge in [0.15, 0.2) is 9.84 Å². The van der Waals surface area contributed by atoms with Gasteiger partial charge in [-0.3, -0.25) is 9.59 Å². The van der Waals surface area contributed by atoms with Crippen molar-refractivity contribution in [1.82, 2.24) is 4.90 Å². The van der Waals surface area contributed by atoms with E-state index >= 15 is 0 Å². The SMILES string of the molecule is Cc1ccc(NC(=O)CS(=O)(=O)Cc2cccc(C(=O)N3CCC(C)CC3)c2)cc1. The van der Waals surface area contributed by atoms with Crippen molar-refractivity contribution in [3.05, 3.63) is 65.2 Å². The fourth-order valence-electron chi connectivity index (χ4n) is 3.53. The number of nitrogens with zero attached hydrogens (tertiary/aromatic N) is 1. The van der Waals surface area contributed by atoms with E-state index in [4.69, 9.17) is 0 Å². The van der Waals surface area contributed by atoms with Gasteiger partial charge >= 0.3 is 0 Å². The fourth-order valence-corrected chi connectivity index (χ4v) is 4.79. The fraction of sp³-hybridized carbons (Fsp3) is 0.391. The van der Waals surface area contributed by atoms with E-state index in [-0.39, 0.29) is 11.7 Å². The minimum atomic E-state index is -3.67. The number of hydrogen-bond donors (Lipinski definition) is 1. The first kappa shape index (κ1) is 22.0. The Balaban J connectivity index is 1.62. The lowest BCUT2D eigenvalue weighted by Gasteiger charge is -2.30. The highest BCUT2D eigenvalue weighted by Gasteiger charge is 2.23. The van der Waals surface area contributed by atoms with Crippen LogP contribution in [0.5, 0.6) is 0 Å². The molecule has 0 unspecified atom stereocenters. The van der Waals surface area contributed by atoms with Crippen molar-refractivity contribution in [2.24, 2.45) is 5.92 Å². The first-order chi connectivity index (χ1) is 14.2. The van der Waals surface area contributed by atoms with Crippen LogP contribution in [0.4, 0.5) is 5.69 Å². The maximum absolute atomic E-state index is 12.7. The average Bonchev–Trinajstić information content (AvgIpc) is 2.69. The van der Waals surface area contributed by atoms with E-state index in [1.54, 1.807) is 36.4 Å². The molecule has 1 aliphatic rings. The number of rotatable bonds is 6. The number of nitrogens with one attached hydrogen (secondary N) is 1. The molecule has 160 valence electrons. The summed E-state index contributed by atoms with van der Waals surface area (Å²) in [7, 11) is -3.67. The van der Waals surface area contributed by atoms with Crippen molar-refractivity contribution >= 4 is 27.3 Å². The highest BCUT2D eigenvalue weighted by molar-refractivity contribution is 7.91. The first-order valence-corrected chi connectivity index (χ1v) is 12.0. The second-order valence-electron chi connectivity index (χ2n) is 8.12. The number of sulfone groups is 1. The van der Waals surface area contributed by atoms with Crippen molar-refractivity contribution in [3.63, 3.8) is 0 Å². The molecule has 0 spiro atoms. The maximum Gasteiger partial charge on any atom is 0.253 e. The van der Waals surface area contributed by atoms with E-state index in [0.717, 1.165) is 31.5 Å². The van der Waals surface area contributed by atoms with Crippen LogP contribution in [0.3, 0.4) is 0 Å². The van der Waals surface area contributed by atoms with Gasteiger partial charge in [0.25, 0.3) is 5.91 Å². The molecule has 6 nitrogen and oxygen atoms in total. The van der Waals surface area contributed by atoms with Gasteiger partial charge in [-0.05, 0) is 55.5 Å². The molecule has 0 bridgehead atoms. The van der Waals surface area contributed by atoms with Gasteiger partial charge in [-0.15, -0.1) is 0 Å². The smallest absolute Gasteiger partial charge is 0.253 e. The van der Waals surface area contributed by atoms with Crippen molar-refractivity contribution in [2.75, 3.05) is 24.2 Å². The summed E-state index contributed by atoms with van der Waals surface area (Å²) >= 11 is 0. The molecule has 7 heteroatoms. The number of piperidine rings is 1. The molecule has 1 heterocycles. The van der Waals surface area contributed by atoms with Crippen LogP contribution < -0.4 is 5.32 Å². The number of anilines is 1. The van der Waals surface area contributed by atoms with Gasteiger partial charge in [0.05, 0.1) is 5.75 Å². The highest BCUT2D eigenvalue weighted by atomic mass is 32.2. The van der Waals surface area contributed by atoms with E-state index < -0.39 is 21.5 Å². The topological polar surface area (TPSA) is 83.5 Å². The third-order valence-electron chi connectivity index (χ3n) is 5.32.